The molecular weight excluding hydrogens is 260 g/mol. The quantitative estimate of drug-likeness (QED) is 0.615. The molecule has 98 valence electrons. The summed E-state index contributed by atoms with van der Waals surface area (Å²) in [6.45, 7) is 2.18. The van der Waals surface area contributed by atoms with Gasteiger partial charge in [-0.05, 0) is 35.7 Å². The first kappa shape index (κ1) is 13.6. The summed E-state index contributed by atoms with van der Waals surface area (Å²) in [5.74, 6) is 0.213. The van der Waals surface area contributed by atoms with E-state index < -0.39 is 0 Å². The number of alkyl halides is 1. The number of rotatable bonds is 4. The SMILES string of the molecule is CCOC(=O)c1cccc(-c2ccc(CCl)cc2)c1. The van der Waals surface area contributed by atoms with Gasteiger partial charge in [-0.3, -0.25) is 0 Å². The number of hydrogen-bond donors (Lipinski definition) is 0. The van der Waals surface area contributed by atoms with Crippen LogP contribution in [0.2, 0.25) is 0 Å². The van der Waals surface area contributed by atoms with Crippen LogP contribution in [0.4, 0.5) is 0 Å². The van der Waals surface area contributed by atoms with E-state index in [0.29, 0.717) is 18.1 Å². The van der Waals surface area contributed by atoms with Gasteiger partial charge in [-0.25, -0.2) is 4.79 Å². The molecule has 2 rings (SSSR count). The minimum absolute atomic E-state index is 0.290. The van der Waals surface area contributed by atoms with E-state index in [1.54, 1.807) is 13.0 Å². The molecule has 0 unspecified atom stereocenters. The van der Waals surface area contributed by atoms with Crippen molar-refractivity contribution in [1.82, 2.24) is 0 Å². The second kappa shape index (κ2) is 6.39. The predicted octanol–water partition coefficient (Wildman–Crippen LogP) is 4.27. The molecular formula is C16H15ClO2. The Morgan fingerprint density at radius 1 is 1.11 bits per heavy atom. The zero-order valence-corrected chi connectivity index (χ0v) is 11.5. The van der Waals surface area contributed by atoms with Gasteiger partial charge in [0, 0.05) is 5.88 Å². The lowest BCUT2D eigenvalue weighted by atomic mass is 10.0. The molecule has 0 radical (unpaired) electrons. The maximum Gasteiger partial charge on any atom is 0.338 e. The summed E-state index contributed by atoms with van der Waals surface area (Å²) in [6.07, 6.45) is 0. The molecule has 19 heavy (non-hydrogen) atoms. The first-order valence-electron chi connectivity index (χ1n) is 6.17. The van der Waals surface area contributed by atoms with Crippen LogP contribution in [0.15, 0.2) is 48.5 Å². The van der Waals surface area contributed by atoms with Crippen molar-refractivity contribution in [2.75, 3.05) is 6.61 Å². The smallest absolute Gasteiger partial charge is 0.338 e. The Labute approximate surface area is 118 Å². The van der Waals surface area contributed by atoms with Gasteiger partial charge >= 0.3 is 5.97 Å². The summed E-state index contributed by atoms with van der Waals surface area (Å²) >= 11 is 5.77. The van der Waals surface area contributed by atoms with Gasteiger partial charge in [-0.2, -0.15) is 0 Å². The Kier molecular flexibility index (Phi) is 4.58. The Morgan fingerprint density at radius 2 is 1.84 bits per heavy atom. The third-order valence-electron chi connectivity index (χ3n) is 2.82. The Balaban J connectivity index is 2.29. The van der Waals surface area contributed by atoms with E-state index in [1.807, 2.05) is 42.5 Å². The van der Waals surface area contributed by atoms with Crippen molar-refractivity contribution in [3.05, 3.63) is 59.7 Å². The van der Waals surface area contributed by atoms with Crippen molar-refractivity contribution in [3.8, 4) is 11.1 Å². The molecule has 0 fully saturated rings. The molecule has 0 saturated carbocycles. The van der Waals surface area contributed by atoms with Gasteiger partial charge in [0.2, 0.25) is 0 Å². The first-order valence-corrected chi connectivity index (χ1v) is 6.70. The molecule has 2 nitrogen and oxygen atoms in total. The fraction of sp³-hybridized carbons (Fsp3) is 0.188. The number of esters is 1. The zero-order chi connectivity index (χ0) is 13.7. The molecule has 0 saturated heterocycles. The van der Waals surface area contributed by atoms with Gasteiger partial charge in [0.05, 0.1) is 12.2 Å². The van der Waals surface area contributed by atoms with Crippen LogP contribution in [0.5, 0.6) is 0 Å². The Morgan fingerprint density at radius 3 is 2.47 bits per heavy atom. The highest BCUT2D eigenvalue weighted by atomic mass is 35.5. The largest absolute Gasteiger partial charge is 0.462 e. The second-order valence-electron chi connectivity index (χ2n) is 4.13. The van der Waals surface area contributed by atoms with Gasteiger partial charge in [-0.1, -0.05) is 36.4 Å². The topological polar surface area (TPSA) is 26.3 Å². The first-order chi connectivity index (χ1) is 9.24. The van der Waals surface area contributed by atoms with Crippen LogP contribution in [-0.2, 0) is 10.6 Å². The lowest BCUT2D eigenvalue weighted by molar-refractivity contribution is 0.0526. The molecule has 0 bridgehead atoms. The molecule has 0 aliphatic heterocycles. The van der Waals surface area contributed by atoms with E-state index in [-0.39, 0.29) is 5.97 Å². The third-order valence-corrected chi connectivity index (χ3v) is 3.12. The van der Waals surface area contributed by atoms with E-state index in [4.69, 9.17) is 16.3 Å². The van der Waals surface area contributed by atoms with Gasteiger partial charge in [0.25, 0.3) is 0 Å². The Bertz CT molecular complexity index is 561. The number of carbonyl (C=O) groups excluding carboxylic acids is 1. The molecule has 2 aromatic carbocycles. The van der Waals surface area contributed by atoms with Crippen molar-refractivity contribution in [2.24, 2.45) is 0 Å². The number of ether oxygens (including phenoxy) is 1. The van der Waals surface area contributed by atoms with Crippen LogP contribution in [0.3, 0.4) is 0 Å². The summed E-state index contributed by atoms with van der Waals surface area (Å²) in [4.78, 5) is 11.7. The number of halogens is 1. The van der Waals surface area contributed by atoms with E-state index in [2.05, 4.69) is 0 Å². The zero-order valence-electron chi connectivity index (χ0n) is 10.7. The fourth-order valence-corrected chi connectivity index (χ4v) is 2.00. The third kappa shape index (κ3) is 3.36. The van der Waals surface area contributed by atoms with Crippen molar-refractivity contribution in [3.63, 3.8) is 0 Å². The van der Waals surface area contributed by atoms with Gasteiger partial charge in [0.1, 0.15) is 0 Å². The normalized spacial score (nSPS) is 10.2. The number of carbonyl (C=O) groups is 1. The minimum atomic E-state index is -0.290. The number of hydrogen-bond acceptors (Lipinski definition) is 2. The monoisotopic (exact) mass is 274 g/mol. The summed E-state index contributed by atoms with van der Waals surface area (Å²) < 4.78 is 5.00. The van der Waals surface area contributed by atoms with Crippen LogP contribution >= 0.6 is 11.6 Å². The molecule has 0 aromatic heterocycles. The highest BCUT2D eigenvalue weighted by Crippen LogP contribution is 2.21. The second-order valence-corrected chi connectivity index (χ2v) is 4.40. The molecule has 0 atom stereocenters. The molecule has 0 aliphatic rings. The van der Waals surface area contributed by atoms with Crippen LogP contribution < -0.4 is 0 Å². The lowest BCUT2D eigenvalue weighted by Gasteiger charge is -2.06. The molecule has 0 heterocycles. The van der Waals surface area contributed by atoms with Crippen LogP contribution in [-0.4, -0.2) is 12.6 Å². The summed E-state index contributed by atoms with van der Waals surface area (Å²) in [7, 11) is 0. The minimum Gasteiger partial charge on any atom is -0.462 e. The number of benzene rings is 2. The maximum absolute atomic E-state index is 11.7. The van der Waals surface area contributed by atoms with Gasteiger partial charge in [-0.15, -0.1) is 11.6 Å². The average molecular weight is 275 g/mol. The van der Waals surface area contributed by atoms with Crippen molar-refractivity contribution in [1.29, 1.82) is 0 Å². The van der Waals surface area contributed by atoms with Crippen LogP contribution in [0, 0.1) is 0 Å². The maximum atomic E-state index is 11.7. The molecule has 0 amide bonds. The molecule has 0 spiro atoms. The summed E-state index contributed by atoms with van der Waals surface area (Å²) in [5, 5.41) is 0. The van der Waals surface area contributed by atoms with Gasteiger partial charge < -0.3 is 4.74 Å². The molecule has 3 heteroatoms. The van der Waals surface area contributed by atoms with Gasteiger partial charge in [0.15, 0.2) is 0 Å². The highest BCUT2D eigenvalue weighted by Gasteiger charge is 2.07. The Hall–Kier alpha value is -1.80. The highest BCUT2D eigenvalue weighted by molar-refractivity contribution is 6.17. The van der Waals surface area contributed by atoms with Crippen molar-refractivity contribution in [2.45, 2.75) is 12.8 Å². The van der Waals surface area contributed by atoms with E-state index >= 15 is 0 Å². The van der Waals surface area contributed by atoms with E-state index in [1.165, 1.54) is 0 Å². The lowest BCUT2D eigenvalue weighted by Crippen LogP contribution is -2.04. The summed E-state index contributed by atoms with van der Waals surface area (Å²) in [6, 6.07) is 15.4. The average Bonchev–Trinajstić information content (AvgIpc) is 2.48. The van der Waals surface area contributed by atoms with Crippen LogP contribution in [0.25, 0.3) is 11.1 Å². The van der Waals surface area contributed by atoms with E-state index in [9.17, 15) is 4.79 Å². The fourth-order valence-electron chi connectivity index (χ4n) is 1.83. The van der Waals surface area contributed by atoms with E-state index in [0.717, 1.165) is 16.7 Å². The van der Waals surface area contributed by atoms with Crippen molar-refractivity contribution < 1.29 is 9.53 Å². The van der Waals surface area contributed by atoms with Crippen LogP contribution in [0.1, 0.15) is 22.8 Å². The molecule has 0 aliphatic carbocycles. The van der Waals surface area contributed by atoms with Crippen molar-refractivity contribution >= 4 is 17.6 Å². The molecule has 0 N–H and O–H groups in total. The summed E-state index contributed by atoms with van der Waals surface area (Å²) in [5.41, 5.74) is 3.69. The standard InChI is InChI=1S/C16H15ClO2/c1-2-19-16(18)15-5-3-4-14(10-15)13-8-6-12(11-17)7-9-13/h3-10H,2,11H2,1H3. The predicted molar refractivity (Wildman–Crippen MR) is 77.4 cm³/mol. The molecule has 2 aromatic rings.